The van der Waals surface area contributed by atoms with Crippen molar-refractivity contribution < 1.29 is 22.7 Å². The van der Waals surface area contributed by atoms with Gasteiger partial charge in [-0.1, -0.05) is 13.0 Å². The molecule has 2 aromatic carbocycles. The number of alkyl halides is 3. The number of hydrogen-bond acceptors (Lipinski definition) is 4. The number of carbonyl (C=O) groups excluding carboxylic acids is 1. The van der Waals surface area contributed by atoms with Crippen molar-refractivity contribution in [2.24, 2.45) is 5.73 Å². The van der Waals surface area contributed by atoms with Crippen LogP contribution in [-0.2, 0) is 12.7 Å². The molecule has 0 aliphatic carbocycles. The Morgan fingerprint density at radius 2 is 1.81 bits per heavy atom. The lowest BCUT2D eigenvalue weighted by molar-refractivity contribution is -0.137. The van der Waals surface area contributed by atoms with E-state index in [2.05, 4.69) is 4.98 Å². The van der Waals surface area contributed by atoms with Crippen LogP contribution < -0.4 is 10.5 Å². The lowest BCUT2D eigenvalue weighted by Crippen LogP contribution is -2.18. The summed E-state index contributed by atoms with van der Waals surface area (Å²) in [6, 6.07) is 15.3. The zero-order valence-corrected chi connectivity index (χ0v) is 17.1. The maximum atomic E-state index is 13.1. The Hall–Kier alpha value is -3.39. The Bertz CT molecular complexity index is 1070. The Morgan fingerprint density at radius 1 is 1.10 bits per heavy atom. The first kappa shape index (κ1) is 22.3. The SMILES string of the molecule is CCN(C)Cc1cc(C(F)(F)F)ccc1Oc1ccc(-c2cccc(C(N)=O)n2)cc1. The lowest BCUT2D eigenvalue weighted by atomic mass is 10.1. The van der Waals surface area contributed by atoms with Crippen molar-refractivity contribution in [3.05, 3.63) is 77.5 Å². The number of halogens is 3. The standard InChI is InChI=1S/C23H22F3N3O2/c1-3-29(2)14-16-13-17(23(24,25)26)9-12-21(16)31-18-10-7-15(8-11-18)19-5-4-6-20(28-19)22(27)30/h4-13H,3,14H2,1-2H3,(H2,27,30). The molecule has 0 saturated heterocycles. The smallest absolute Gasteiger partial charge is 0.416 e. The summed E-state index contributed by atoms with van der Waals surface area (Å²) in [6.07, 6.45) is -4.42. The fourth-order valence-corrected chi connectivity index (χ4v) is 2.93. The van der Waals surface area contributed by atoms with Crippen molar-refractivity contribution in [2.45, 2.75) is 19.6 Å². The van der Waals surface area contributed by atoms with Crippen molar-refractivity contribution in [3.63, 3.8) is 0 Å². The zero-order chi connectivity index (χ0) is 22.6. The molecule has 5 nitrogen and oxygen atoms in total. The van der Waals surface area contributed by atoms with E-state index in [4.69, 9.17) is 10.5 Å². The van der Waals surface area contributed by atoms with Crippen molar-refractivity contribution in [1.82, 2.24) is 9.88 Å². The maximum absolute atomic E-state index is 13.1. The van der Waals surface area contributed by atoms with Gasteiger partial charge in [0, 0.05) is 17.7 Å². The molecular weight excluding hydrogens is 407 g/mol. The molecule has 0 atom stereocenters. The van der Waals surface area contributed by atoms with E-state index in [0.717, 1.165) is 17.7 Å². The quantitative estimate of drug-likeness (QED) is 0.567. The summed E-state index contributed by atoms with van der Waals surface area (Å²) in [5.41, 5.74) is 6.48. The number of nitrogens with zero attached hydrogens (tertiary/aromatic N) is 2. The summed E-state index contributed by atoms with van der Waals surface area (Å²) < 4.78 is 45.3. The fraction of sp³-hybridized carbons (Fsp3) is 0.217. The van der Waals surface area contributed by atoms with Gasteiger partial charge in [-0.25, -0.2) is 4.98 Å². The van der Waals surface area contributed by atoms with Crippen LogP contribution in [0.15, 0.2) is 60.7 Å². The molecule has 3 aromatic rings. The van der Waals surface area contributed by atoms with Gasteiger partial charge in [0.25, 0.3) is 5.91 Å². The van der Waals surface area contributed by atoms with Gasteiger partial charge >= 0.3 is 6.18 Å². The topological polar surface area (TPSA) is 68.5 Å². The van der Waals surface area contributed by atoms with Crippen LogP contribution in [0, 0.1) is 0 Å². The Balaban J connectivity index is 1.86. The lowest BCUT2D eigenvalue weighted by Gasteiger charge is -2.19. The maximum Gasteiger partial charge on any atom is 0.416 e. The molecule has 1 heterocycles. The summed E-state index contributed by atoms with van der Waals surface area (Å²) in [5, 5.41) is 0. The normalized spacial score (nSPS) is 11.5. The third-order valence-corrected chi connectivity index (χ3v) is 4.75. The molecule has 0 radical (unpaired) electrons. The number of benzene rings is 2. The minimum absolute atomic E-state index is 0.160. The van der Waals surface area contributed by atoms with E-state index in [1.54, 1.807) is 36.4 Å². The molecule has 0 spiro atoms. The minimum Gasteiger partial charge on any atom is -0.457 e. The van der Waals surface area contributed by atoms with Gasteiger partial charge in [-0.05, 0) is 68.2 Å². The molecule has 0 unspecified atom stereocenters. The number of ether oxygens (including phenoxy) is 1. The van der Waals surface area contributed by atoms with Gasteiger partial charge in [0.2, 0.25) is 0 Å². The summed E-state index contributed by atoms with van der Waals surface area (Å²) in [6.45, 7) is 2.92. The number of pyridine rings is 1. The van der Waals surface area contributed by atoms with Crippen LogP contribution >= 0.6 is 0 Å². The van der Waals surface area contributed by atoms with Crippen molar-refractivity contribution in [3.8, 4) is 22.8 Å². The molecule has 162 valence electrons. The first-order valence-corrected chi connectivity index (χ1v) is 9.61. The van der Waals surface area contributed by atoms with Crippen molar-refractivity contribution in [1.29, 1.82) is 0 Å². The van der Waals surface area contributed by atoms with Crippen molar-refractivity contribution in [2.75, 3.05) is 13.6 Å². The highest BCUT2D eigenvalue weighted by atomic mass is 19.4. The Labute approximate surface area is 178 Å². The monoisotopic (exact) mass is 429 g/mol. The summed E-state index contributed by atoms with van der Waals surface area (Å²) in [4.78, 5) is 17.4. The van der Waals surface area contributed by atoms with Gasteiger partial charge in [0.05, 0.1) is 11.3 Å². The van der Waals surface area contributed by atoms with Gasteiger partial charge in [-0.3, -0.25) is 4.79 Å². The number of amides is 1. The van der Waals surface area contributed by atoms with E-state index in [-0.39, 0.29) is 5.69 Å². The van der Waals surface area contributed by atoms with Crippen LogP contribution in [0.5, 0.6) is 11.5 Å². The third kappa shape index (κ3) is 5.61. The average Bonchev–Trinajstić information content (AvgIpc) is 2.74. The second-order valence-electron chi connectivity index (χ2n) is 7.05. The van der Waals surface area contributed by atoms with Gasteiger partial charge in [-0.15, -0.1) is 0 Å². The van der Waals surface area contributed by atoms with E-state index in [1.165, 1.54) is 12.1 Å². The number of carbonyl (C=O) groups is 1. The van der Waals surface area contributed by atoms with E-state index in [1.807, 2.05) is 18.9 Å². The molecule has 2 N–H and O–H groups in total. The largest absolute Gasteiger partial charge is 0.457 e. The van der Waals surface area contributed by atoms with E-state index >= 15 is 0 Å². The van der Waals surface area contributed by atoms with Gasteiger partial charge in [-0.2, -0.15) is 13.2 Å². The zero-order valence-electron chi connectivity index (χ0n) is 17.1. The summed E-state index contributed by atoms with van der Waals surface area (Å²) in [5.74, 6) is 0.207. The van der Waals surface area contributed by atoms with Crippen LogP contribution in [0.1, 0.15) is 28.5 Å². The summed E-state index contributed by atoms with van der Waals surface area (Å²) >= 11 is 0. The molecule has 3 rings (SSSR count). The number of nitrogens with two attached hydrogens (primary N) is 1. The highest BCUT2D eigenvalue weighted by Crippen LogP contribution is 2.35. The van der Waals surface area contributed by atoms with Crippen LogP contribution in [0.25, 0.3) is 11.3 Å². The molecule has 0 fully saturated rings. The Morgan fingerprint density at radius 3 is 2.42 bits per heavy atom. The van der Waals surface area contributed by atoms with Crippen LogP contribution in [0.4, 0.5) is 13.2 Å². The van der Waals surface area contributed by atoms with Gasteiger partial charge in [0.1, 0.15) is 17.2 Å². The Kier molecular flexibility index (Phi) is 6.60. The van der Waals surface area contributed by atoms with E-state index in [9.17, 15) is 18.0 Å². The van der Waals surface area contributed by atoms with E-state index < -0.39 is 17.6 Å². The van der Waals surface area contributed by atoms with Crippen molar-refractivity contribution >= 4 is 5.91 Å². The molecule has 1 aromatic heterocycles. The first-order valence-electron chi connectivity index (χ1n) is 9.61. The fourth-order valence-electron chi connectivity index (χ4n) is 2.93. The molecule has 0 aliphatic rings. The first-order chi connectivity index (χ1) is 14.7. The average molecular weight is 429 g/mol. The number of aromatic nitrogens is 1. The molecule has 0 saturated carbocycles. The highest BCUT2D eigenvalue weighted by molar-refractivity contribution is 5.91. The second kappa shape index (κ2) is 9.18. The molecule has 0 aliphatic heterocycles. The molecule has 0 bridgehead atoms. The molecule has 8 heteroatoms. The van der Waals surface area contributed by atoms with Crippen LogP contribution in [0.2, 0.25) is 0 Å². The van der Waals surface area contributed by atoms with Crippen LogP contribution in [0.3, 0.4) is 0 Å². The molecule has 31 heavy (non-hydrogen) atoms. The number of primary amides is 1. The predicted molar refractivity (Wildman–Crippen MR) is 112 cm³/mol. The second-order valence-corrected chi connectivity index (χ2v) is 7.05. The molecular formula is C23H22F3N3O2. The predicted octanol–water partition coefficient (Wildman–Crippen LogP) is 5.11. The third-order valence-electron chi connectivity index (χ3n) is 4.75. The van der Waals surface area contributed by atoms with Crippen LogP contribution in [-0.4, -0.2) is 29.4 Å². The summed E-state index contributed by atoms with van der Waals surface area (Å²) in [7, 11) is 1.83. The highest BCUT2D eigenvalue weighted by Gasteiger charge is 2.31. The number of rotatable bonds is 7. The number of hydrogen-bond donors (Lipinski definition) is 1. The van der Waals surface area contributed by atoms with E-state index in [0.29, 0.717) is 35.8 Å². The van der Waals surface area contributed by atoms with Gasteiger partial charge in [0.15, 0.2) is 0 Å². The minimum atomic E-state index is -4.42. The van der Waals surface area contributed by atoms with Gasteiger partial charge < -0.3 is 15.4 Å². The molecule has 1 amide bonds.